The molecule has 1 N–H and O–H groups in total. The first-order valence-electron chi connectivity index (χ1n) is 8.30. The molecule has 0 saturated heterocycles. The molecule has 0 bridgehead atoms. The first-order valence-corrected chi connectivity index (χ1v) is 8.30. The van der Waals surface area contributed by atoms with E-state index in [0.29, 0.717) is 19.0 Å². The summed E-state index contributed by atoms with van der Waals surface area (Å²) in [6, 6.07) is 0. The van der Waals surface area contributed by atoms with Crippen molar-refractivity contribution in [2.45, 2.75) is 59.1 Å². The van der Waals surface area contributed by atoms with Crippen LogP contribution in [0.2, 0.25) is 0 Å². The Labute approximate surface area is 127 Å². The molecule has 0 radical (unpaired) electrons. The molecule has 21 heavy (non-hydrogen) atoms. The molecule has 0 amide bonds. The Kier molecular flexibility index (Phi) is 7.48. The Hall–Kier alpha value is -0.290. The van der Waals surface area contributed by atoms with Crippen molar-refractivity contribution in [2.24, 2.45) is 11.3 Å². The highest BCUT2D eigenvalue weighted by atomic mass is 19.4. The summed E-state index contributed by atoms with van der Waals surface area (Å²) < 4.78 is 38.1. The molecule has 0 heterocycles. The lowest BCUT2D eigenvalue weighted by molar-refractivity contribution is -0.149. The maximum absolute atomic E-state index is 12.7. The van der Waals surface area contributed by atoms with Gasteiger partial charge in [-0.2, -0.15) is 13.2 Å². The zero-order chi connectivity index (χ0) is 15.9. The number of nitrogens with one attached hydrogen (secondary N) is 1. The Bertz CT molecular complexity index is 294. The van der Waals surface area contributed by atoms with E-state index in [2.05, 4.69) is 19.2 Å². The molecule has 0 aliphatic heterocycles. The van der Waals surface area contributed by atoms with Gasteiger partial charge in [0.05, 0.1) is 6.54 Å². The van der Waals surface area contributed by atoms with E-state index in [9.17, 15) is 13.2 Å². The van der Waals surface area contributed by atoms with E-state index in [1.165, 1.54) is 6.42 Å². The van der Waals surface area contributed by atoms with Crippen molar-refractivity contribution in [1.82, 2.24) is 10.2 Å². The fourth-order valence-corrected chi connectivity index (χ4v) is 3.67. The molecule has 1 rings (SSSR count). The number of halogens is 3. The van der Waals surface area contributed by atoms with Crippen LogP contribution in [-0.4, -0.2) is 43.8 Å². The topological polar surface area (TPSA) is 15.3 Å². The molecule has 5 heteroatoms. The van der Waals surface area contributed by atoms with Crippen LogP contribution in [0.5, 0.6) is 0 Å². The highest BCUT2D eigenvalue weighted by molar-refractivity contribution is 4.90. The molecule has 2 atom stereocenters. The number of nitrogens with zero attached hydrogens (tertiary/aromatic N) is 1. The van der Waals surface area contributed by atoms with Crippen molar-refractivity contribution in [3.63, 3.8) is 0 Å². The first kappa shape index (κ1) is 18.8. The van der Waals surface area contributed by atoms with Crippen LogP contribution in [0.15, 0.2) is 0 Å². The van der Waals surface area contributed by atoms with E-state index in [4.69, 9.17) is 0 Å². The highest BCUT2D eigenvalue weighted by Crippen LogP contribution is 2.40. The molecule has 126 valence electrons. The molecule has 1 aliphatic carbocycles. The van der Waals surface area contributed by atoms with Crippen molar-refractivity contribution in [3.8, 4) is 0 Å². The summed E-state index contributed by atoms with van der Waals surface area (Å²) in [7, 11) is 0. The molecule has 1 aliphatic rings. The molecular formula is C16H31F3N2. The Morgan fingerprint density at radius 1 is 1.29 bits per heavy atom. The summed E-state index contributed by atoms with van der Waals surface area (Å²) in [6.45, 7) is 8.20. The van der Waals surface area contributed by atoms with Crippen molar-refractivity contribution in [3.05, 3.63) is 0 Å². The number of hydrogen-bond donors (Lipinski definition) is 1. The predicted molar refractivity (Wildman–Crippen MR) is 81.4 cm³/mol. The normalized spacial score (nSPS) is 27.3. The number of rotatable bonds is 8. The van der Waals surface area contributed by atoms with Gasteiger partial charge in [0.25, 0.3) is 0 Å². The second kappa shape index (κ2) is 8.37. The first-order chi connectivity index (χ1) is 9.80. The average Bonchev–Trinajstić information content (AvgIpc) is 2.36. The minimum Gasteiger partial charge on any atom is -0.316 e. The van der Waals surface area contributed by atoms with Crippen molar-refractivity contribution < 1.29 is 13.2 Å². The maximum Gasteiger partial charge on any atom is 0.401 e. The third kappa shape index (κ3) is 7.00. The molecular weight excluding hydrogens is 277 g/mol. The molecule has 1 saturated carbocycles. The second-order valence-electron chi connectivity index (χ2n) is 6.80. The SMILES string of the molecule is CCCNCC1(CN(CC)CC(F)(F)F)CCCC(C)C1. The van der Waals surface area contributed by atoms with Gasteiger partial charge in [-0.3, -0.25) is 4.90 Å². The molecule has 2 unspecified atom stereocenters. The van der Waals surface area contributed by atoms with Crippen LogP contribution in [0, 0.1) is 11.3 Å². The molecule has 0 aromatic carbocycles. The zero-order valence-corrected chi connectivity index (χ0v) is 13.7. The summed E-state index contributed by atoms with van der Waals surface area (Å²) in [5, 5.41) is 3.45. The van der Waals surface area contributed by atoms with Crippen LogP contribution in [0.1, 0.15) is 52.9 Å². The van der Waals surface area contributed by atoms with Gasteiger partial charge in [0, 0.05) is 13.1 Å². The third-order valence-corrected chi connectivity index (χ3v) is 4.52. The molecule has 0 aromatic heterocycles. The van der Waals surface area contributed by atoms with Gasteiger partial charge < -0.3 is 5.32 Å². The van der Waals surface area contributed by atoms with E-state index >= 15 is 0 Å². The smallest absolute Gasteiger partial charge is 0.316 e. The van der Waals surface area contributed by atoms with Gasteiger partial charge in [0.2, 0.25) is 0 Å². The predicted octanol–water partition coefficient (Wildman–Crippen LogP) is 4.07. The van der Waals surface area contributed by atoms with Gasteiger partial charge in [0.15, 0.2) is 0 Å². The van der Waals surface area contributed by atoms with E-state index in [-0.39, 0.29) is 5.41 Å². The van der Waals surface area contributed by atoms with E-state index in [1.54, 1.807) is 4.90 Å². The van der Waals surface area contributed by atoms with Gasteiger partial charge in [-0.25, -0.2) is 0 Å². The molecule has 1 fully saturated rings. The zero-order valence-electron chi connectivity index (χ0n) is 13.7. The minimum atomic E-state index is -4.10. The van der Waals surface area contributed by atoms with Gasteiger partial charge >= 0.3 is 6.18 Å². The van der Waals surface area contributed by atoms with Crippen LogP contribution in [0.3, 0.4) is 0 Å². The Morgan fingerprint density at radius 2 is 2.00 bits per heavy atom. The largest absolute Gasteiger partial charge is 0.401 e. The Balaban J connectivity index is 2.70. The summed E-state index contributed by atoms with van der Waals surface area (Å²) in [6.07, 6.45) is 1.39. The van der Waals surface area contributed by atoms with Crippen molar-refractivity contribution in [2.75, 3.05) is 32.7 Å². The molecule has 2 nitrogen and oxygen atoms in total. The van der Waals surface area contributed by atoms with Crippen LogP contribution in [0.4, 0.5) is 13.2 Å². The molecule has 0 aromatic rings. The van der Waals surface area contributed by atoms with Gasteiger partial charge in [-0.1, -0.05) is 33.6 Å². The Morgan fingerprint density at radius 3 is 2.52 bits per heavy atom. The van der Waals surface area contributed by atoms with Gasteiger partial charge in [0.1, 0.15) is 0 Å². The van der Waals surface area contributed by atoms with Crippen LogP contribution in [0.25, 0.3) is 0 Å². The standard InChI is InChI=1S/C16H31F3N2/c1-4-9-20-11-15(8-6-7-14(3)10-15)12-21(5-2)13-16(17,18)19/h14,20H,4-13H2,1-3H3. The number of hydrogen-bond acceptors (Lipinski definition) is 2. The lowest BCUT2D eigenvalue weighted by atomic mass is 9.69. The quantitative estimate of drug-likeness (QED) is 0.680. The number of alkyl halides is 3. The van der Waals surface area contributed by atoms with Gasteiger partial charge in [-0.05, 0) is 43.7 Å². The maximum atomic E-state index is 12.7. The fraction of sp³-hybridized carbons (Fsp3) is 1.00. The van der Waals surface area contributed by atoms with Crippen LogP contribution in [-0.2, 0) is 0 Å². The average molecular weight is 308 g/mol. The monoisotopic (exact) mass is 308 g/mol. The summed E-state index contributed by atoms with van der Waals surface area (Å²) >= 11 is 0. The van der Waals surface area contributed by atoms with E-state index in [0.717, 1.165) is 38.8 Å². The van der Waals surface area contributed by atoms with Gasteiger partial charge in [-0.15, -0.1) is 0 Å². The summed E-state index contributed by atoms with van der Waals surface area (Å²) in [5.74, 6) is 0.617. The van der Waals surface area contributed by atoms with E-state index in [1.807, 2.05) is 6.92 Å². The molecule has 0 spiro atoms. The minimum absolute atomic E-state index is 0.00803. The van der Waals surface area contributed by atoms with Crippen molar-refractivity contribution in [1.29, 1.82) is 0 Å². The fourth-order valence-electron chi connectivity index (χ4n) is 3.67. The van der Waals surface area contributed by atoms with Crippen LogP contribution < -0.4 is 5.32 Å². The third-order valence-electron chi connectivity index (χ3n) is 4.52. The van der Waals surface area contributed by atoms with Crippen LogP contribution >= 0.6 is 0 Å². The highest BCUT2D eigenvalue weighted by Gasteiger charge is 2.38. The lowest BCUT2D eigenvalue weighted by Crippen LogP contribution is -2.48. The summed E-state index contributed by atoms with van der Waals surface area (Å²) in [5.41, 5.74) is 0.00803. The van der Waals surface area contributed by atoms with Crippen molar-refractivity contribution >= 4 is 0 Å². The summed E-state index contributed by atoms with van der Waals surface area (Å²) in [4.78, 5) is 1.58. The van der Waals surface area contributed by atoms with E-state index < -0.39 is 12.7 Å². The second-order valence-corrected chi connectivity index (χ2v) is 6.80. The lowest BCUT2D eigenvalue weighted by Gasteiger charge is -2.43.